The molecular formula is C21H32N2O4. The summed E-state index contributed by atoms with van der Waals surface area (Å²) < 4.78 is 6.51. The van der Waals surface area contributed by atoms with Crippen LogP contribution in [0.15, 0.2) is 10.9 Å². The Bertz CT molecular complexity index is 758. The number of amides is 1. The smallest absolute Gasteiger partial charge is 0.330 e. The van der Waals surface area contributed by atoms with Crippen molar-refractivity contribution < 1.29 is 14.3 Å². The number of carbonyl (C=O) groups excluding carboxylic acids is 2. The minimum Gasteiger partial charge on any atom is -0.467 e. The van der Waals surface area contributed by atoms with E-state index in [9.17, 15) is 14.4 Å². The van der Waals surface area contributed by atoms with Gasteiger partial charge in [-0.25, -0.2) is 4.79 Å². The van der Waals surface area contributed by atoms with Gasteiger partial charge in [0.05, 0.1) is 7.11 Å². The highest BCUT2D eigenvalue weighted by molar-refractivity contribution is 5.97. The molecule has 0 bridgehead atoms. The van der Waals surface area contributed by atoms with E-state index in [0.717, 1.165) is 30.5 Å². The average Bonchev–Trinajstić information content (AvgIpc) is 2.64. The van der Waals surface area contributed by atoms with Crippen LogP contribution in [0.25, 0.3) is 0 Å². The zero-order valence-corrected chi connectivity index (χ0v) is 17.2. The molecular weight excluding hydrogens is 344 g/mol. The van der Waals surface area contributed by atoms with E-state index in [-0.39, 0.29) is 11.1 Å². The number of hydrogen-bond donors (Lipinski definition) is 1. The predicted molar refractivity (Wildman–Crippen MR) is 105 cm³/mol. The number of aryl methyl sites for hydroxylation is 1. The molecule has 1 aromatic rings. The van der Waals surface area contributed by atoms with Crippen molar-refractivity contribution in [2.45, 2.75) is 78.3 Å². The minimum atomic E-state index is -1.20. The topological polar surface area (TPSA) is 77.4 Å². The van der Waals surface area contributed by atoms with Crippen LogP contribution in [0.1, 0.15) is 74.5 Å². The molecule has 0 unspecified atom stereocenters. The van der Waals surface area contributed by atoms with E-state index in [1.807, 2.05) is 13.8 Å². The molecule has 0 atom stereocenters. The van der Waals surface area contributed by atoms with Crippen LogP contribution in [0.5, 0.6) is 0 Å². The van der Waals surface area contributed by atoms with E-state index in [1.54, 1.807) is 24.5 Å². The first kappa shape index (κ1) is 21.2. The number of hydrogen-bond acceptors (Lipinski definition) is 4. The summed E-state index contributed by atoms with van der Waals surface area (Å²) in [6, 6.07) is 1.64. The number of rotatable bonds is 6. The van der Waals surface area contributed by atoms with Crippen LogP contribution in [0.3, 0.4) is 0 Å². The van der Waals surface area contributed by atoms with E-state index < -0.39 is 17.4 Å². The SMILES string of the molecule is CCc1c(C)cc(C(=O)NC(C)(C)C(=O)OC)c(=O)n1CC1CCCCC1. The van der Waals surface area contributed by atoms with Gasteiger partial charge < -0.3 is 14.6 Å². The Balaban J connectivity index is 2.38. The summed E-state index contributed by atoms with van der Waals surface area (Å²) in [6.45, 7) is 7.73. The highest BCUT2D eigenvalue weighted by Crippen LogP contribution is 2.25. The van der Waals surface area contributed by atoms with Gasteiger partial charge in [-0.2, -0.15) is 0 Å². The molecule has 1 N–H and O–H groups in total. The molecule has 150 valence electrons. The fourth-order valence-electron chi connectivity index (χ4n) is 3.95. The molecule has 2 rings (SSSR count). The molecule has 27 heavy (non-hydrogen) atoms. The highest BCUT2D eigenvalue weighted by Gasteiger charge is 2.32. The van der Waals surface area contributed by atoms with Gasteiger partial charge in [-0.1, -0.05) is 26.2 Å². The molecule has 0 radical (unpaired) electrons. The Morgan fingerprint density at radius 2 is 1.89 bits per heavy atom. The fraction of sp³-hybridized carbons (Fsp3) is 0.667. The normalized spacial score (nSPS) is 15.4. The first-order valence-corrected chi connectivity index (χ1v) is 9.85. The summed E-state index contributed by atoms with van der Waals surface area (Å²) >= 11 is 0. The number of ether oxygens (including phenoxy) is 1. The molecule has 1 aliphatic rings. The second-order valence-corrected chi connectivity index (χ2v) is 8.03. The first-order chi connectivity index (χ1) is 12.7. The molecule has 1 aliphatic carbocycles. The molecule has 1 fully saturated rings. The Morgan fingerprint density at radius 3 is 2.44 bits per heavy atom. The Hall–Kier alpha value is -2.11. The molecule has 0 aliphatic heterocycles. The largest absolute Gasteiger partial charge is 0.467 e. The first-order valence-electron chi connectivity index (χ1n) is 9.85. The summed E-state index contributed by atoms with van der Waals surface area (Å²) in [6.07, 6.45) is 6.65. The zero-order chi connectivity index (χ0) is 20.2. The molecule has 1 aromatic heterocycles. The third kappa shape index (κ3) is 4.79. The minimum absolute atomic E-state index is 0.0810. The van der Waals surface area contributed by atoms with Crippen LogP contribution >= 0.6 is 0 Å². The van der Waals surface area contributed by atoms with Crippen molar-refractivity contribution in [1.82, 2.24) is 9.88 Å². The highest BCUT2D eigenvalue weighted by atomic mass is 16.5. The number of nitrogens with zero attached hydrogens (tertiary/aromatic N) is 1. The maximum Gasteiger partial charge on any atom is 0.330 e. The summed E-state index contributed by atoms with van der Waals surface area (Å²) in [5.74, 6) is -0.621. The number of carbonyl (C=O) groups is 2. The van der Waals surface area contributed by atoms with Crippen molar-refractivity contribution in [3.8, 4) is 0 Å². The van der Waals surface area contributed by atoms with Crippen LogP contribution in [0, 0.1) is 12.8 Å². The second kappa shape index (κ2) is 8.72. The van der Waals surface area contributed by atoms with Gasteiger partial charge >= 0.3 is 5.97 Å². The fourth-order valence-corrected chi connectivity index (χ4v) is 3.95. The van der Waals surface area contributed by atoms with Crippen molar-refractivity contribution in [2.24, 2.45) is 5.92 Å². The number of aromatic nitrogens is 1. The quantitative estimate of drug-likeness (QED) is 0.774. The van der Waals surface area contributed by atoms with Crippen LogP contribution in [-0.4, -0.2) is 29.1 Å². The van der Waals surface area contributed by atoms with Crippen molar-refractivity contribution >= 4 is 11.9 Å². The Kier molecular flexibility index (Phi) is 6.84. The second-order valence-electron chi connectivity index (χ2n) is 8.03. The van der Waals surface area contributed by atoms with E-state index in [4.69, 9.17) is 4.74 Å². The monoisotopic (exact) mass is 376 g/mol. The van der Waals surface area contributed by atoms with Gasteiger partial charge in [0, 0.05) is 12.2 Å². The molecule has 1 saturated carbocycles. The van der Waals surface area contributed by atoms with Gasteiger partial charge in [0.1, 0.15) is 11.1 Å². The molecule has 1 heterocycles. The maximum atomic E-state index is 13.1. The standard InChI is InChI=1S/C21H32N2O4/c1-6-17-14(2)12-16(18(24)22-21(3,4)20(26)27-5)19(25)23(17)13-15-10-8-7-9-11-15/h12,15H,6-11,13H2,1-5H3,(H,22,24). The van der Waals surface area contributed by atoms with Gasteiger partial charge in [0.2, 0.25) is 0 Å². The lowest BCUT2D eigenvalue weighted by atomic mass is 9.89. The Morgan fingerprint density at radius 1 is 1.26 bits per heavy atom. The van der Waals surface area contributed by atoms with Crippen LogP contribution < -0.4 is 10.9 Å². The lowest BCUT2D eigenvalue weighted by Gasteiger charge is -2.26. The third-order valence-corrected chi connectivity index (χ3v) is 5.48. The Labute approximate surface area is 161 Å². The molecule has 0 aromatic carbocycles. The van der Waals surface area contributed by atoms with E-state index in [0.29, 0.717) is 12.5 Å². The predicted octanol–water partition coefficient (Wildman–Crippen LogP) is 2.98. The van der Waals surface area contributed by atoms with Crippen molar-refractivity contribution in [3.63, 3.8) is 0 Å². The van der Waals surface area contributed by atoms with E-state index >= 15 is 0 Å². The van der Waals surface area contributed by atoms with Crippen molar-refractivity contribution in [1.29, 1.82) is 0 Å². The van der Waals surface area contributed by atoms with Gasteiger partial charge in [0.15, 0.2) is 0 Å². The number of pyridine rings is 1. The molecule has 0 saturated heterocycles. The molecule has 6 nitrogen and oxygen atoms in total. The van der Waals surface area contributed by atoms with Crippen LogP contribution in [0.2, 0.25) is 0 Å². The number of nitrogens with one attached hydrogen (secondary N) is 1. The van der Waals surface area contributed by atoms with Crippen molar-refractivity contribution in [2.75, 3.05) is 7.11 Å². The third-order valence-electron chi connectivity index (χ3n) is 5.48. The van der Waals surface area contributed by atoms with Gasteiger partial charge in [0.25, 0.3) is 11.5 Å². The maximum absolute atomic E-state index is 13.1. The number of methoxy groups -OCH3 is 1. The van der Waals surface area contributed by atoms with Gasteiger partial charge in [-0.05, 0) is 57.6 Å². The van der Waals surface area contributed by atoms with Gasteiger partial charge in [-0.15, -0.1) is 0 Å². The number of esters is 1. The van der Waals surface area contributed by atoms with Gasteiger partial charge in [-0.3, -0.25) is 9.59 Å². The summed E-state index contributed by atoms with van der Waals surface area (Å²) in [7, 11) is 1.27. The summed E-state index contributed by atoms with van der Waals surface area (Å²) in [4.78, 5) is 37.8. The molecule has 0 spiro atoms. The summed E-state index contributed by atoms with van der Waals surface area (Å²) in [5, 5.41) is 2.63. The van der Waals surface area contributed by atoms with Crippen LogP contribution in [-0.2, 0) is 22.5 Å². The lowest BCUT2D eigenvalue weighted by molar-refractivity contribution is -0.146. The average molecular weight is 376 g/mol. The van der Waals surface area contributed by atoms with E-state index in [1.165, 1.54) is 26.4 Å². The van der Waals surface area contributed by atoms with E-state index in [2.05, 4.69) is 5.32 Å². The van der Waals surface area contributed by atoms with Crippen LogP contribution in [0.4, 0.5) is 0 Å². The summed E-state index contributed by atoms with van der Waals surface area (Å²) in [5.41, 5.74) is 0.506. The molecule has 1 amide bonds. The lowest BCUT2D eigenvalue weighted by Crippen LogP contribution is -2.51. The molecule has 6 heteroatoms. The van der Waals surface area contributed by atoms with Crippen molar-refractivity contribution in [3.05, 3.63) is 33.2 Å². The zero-order valence-electron chi connectivity index (χ0n) is 17.2.